The lowest BCUT2D eigenvalue weighted by Crippen LogP contribution is -2.37. The van der Waals surface area contributed by atoms with E-state index in [-0.39, 0.29) is 34.5 Å². The number of nitrogens with zero attached hydrogens (tertiary/aromatic N) is 3. The van der Waals surface area contributed by atoms with Crippen LogP contribution < -0.4 is 9.64 Å². The minimum Gasteiger partial charge on any atom is -0.418 e. The van der Waals surface area contributed by atoms with E-state index in [2.05, 4.69) is 9.72 Å². The number of halogens is 6. The highest BCUT2D eigenvalue weighted by Crippen LogP contribution is 2.50. The fourth-order valence-electron chi connectivity index (χ4n) is 3.52. The maximum Gasteiger partial charge on any atom is 0.491 e. The highest BCUT2D eigenvalue weighted by atomic mass is 32.2. The zero-order valence-corrected chi connectivity index (χ0v) is 17.6. The molecule has 34 heavy (non-hydrogen) atoms. The average Bonchev–Trinajstić information content (AvgIpc) is 3.51. The average molecular weight is 505 g/mol. The molecule has 1 aromatic heterocycles. The number of anilines is 1. The molecule has 1 aliphatic heterocycles. The van der Waals surface area contributed by atoms with Crippen LogP contribution in [-0.4, -0.2) is 45.0 Å². The number of pyridine rings is 1. The van der Waals surface area contributed by atoms with Gasteiger partial charge in [-0.1, -0.05) is 0 Å². The second-order valence-corrected chi connectivity index (χ2v) is 8.59. The van der Waals surface area contributed by atoms with Crippen molar-refractivity contribution in [2.45, 2.75) is 41.5 Å². The number of thioether (sulfide) groups is 1. The molecule has 0 atom stereocenters. The fraction of sp³-hybridized carbons (Fsp3) is 0.300. The SMILES string of the molecule is O=C1N(c2ccc(SC(F)(F)F)cc2)C(=O)C2(CC2)N1Cc1ccncc1OC(=O)C(F)(F)F. The number of aromatic nitrogens is 1. The lowest BCUT2D eigenvalue weighted by atomic mass is 10.2. The third kappa shape index (κ3) is 4.54. The van der Waals surface area contributed by atoms with Gasteiger partial charge in [-0.25, -0.2) is 14.5 Å². The van der Waals surface area contributed by atoms with Gasteiger partial charge in [-0.15, -0.1) is 0 Å². The Morgan fingerprint density at radius 2 is 1.71 bits per heavy atom. The molecule has 180 valence electrons. The third-order valence-electron chi connectivity index (χ3n) is 5.22. The van der Waals surface area contributed by atoms with Gasteiger partial charge in [-0.3, -0.25) is 9.78 Å². The van der Waals surface area contributed by atoms with Crippen molar-refractivity contribution in [1.82, 2.24) is 9.88 Å². The van der Waals surface area contributed by atoms with Crippen molar-refractivity contribution in [3.63, 3.8) is 0 Å². The Hall–Kier alpha value is -3.29. The molecule has 0 unspecified atom stereocenters. The van der Waals surface area contributed by atoms with Crippen molar-refractivity contribution in [2.24, 2.45) is 0 Å². The summed E-state index contributed by atoms with van der Waals surface area (Å²) < 4.78 is 79.8. The molecule has 1 saturated heterocycles. The van der Waals surface area contributed by atoms with Crippen LogP contribution >= 0.6 is 11.8 Å². The number of esters is 1. The van der Waals surface area contributed by atoms with Crippen LogP contribution in [0, 0.1) is 0 Å². The number of amides is 3. The van der Waals surface area contributed by atoms with Gasteiger partial charge in [0.2, 0.25) is 0 Å². The fourth-order valence-corrected chi connectivity index (χ4v) is 4.06. The molecule has 7 nitrogen and oxygen atoms in total. The Morgan fingerprint density at radius 1 is 1.06 bits per heavy atom. The topological polar surface area (TPSA) is 79.8 Å². The van der Waals surface area contributed by atoms with Crippen LogP contribution in [-0.2, 0) is 16.1 Å². The summed E-state index contributed by atoms with van der Waals surface area (Å²) in [7, 11) is 0. The maximum atomic E-state index is 13.1. The number of urea groups is 1. The van der Waals surface area contributed by atoms with E-state index in [4.69, 9.17) is 0 Å². The van der Waals surface area contributed by atoms with E-state index in [1.807, 2.05) is 0 Å². The highest BCUT2D eigenvalue weighted by molar-refractivity contribution is 8.00. The Morgan fingerprint density at radius 3 is 2.26 bits per heavy atom. The van der Waals surface area contributed by atoms with Gasteiger partial charge in [0.1, 0.15) is 5.54 Å². The van der Waals surface area contributed by atoms with Crippen molar-refractivity contribution < 1.29 is 45.5 Å². The summed E-state index contributed by atoms with van der Waals surface area (Å²) in [5.74, 6) is -3.59. The van der Waals surface area contributed by atoms with Crippen LogP contribution in [0.1, 0.15) is 18.4 Å². The first kappa shape index (κ1) is 23.9. The predicted octanol–water partition coefficient (Wildman–Crippen LogP) is 4.66. The summed E-state index contributed by atoms with van der Waals surface area (Å²) in [6.45, 7) is -0.355. The summed E-state index contributed by atoms with van der Waals surface area (Å²) in [5.41, 5.74) is -5.68. The molecule has 2 fully saturated rings. The van der Waals surface area contributed by atoms with E-state index in [1.54, 1.807) is 0 Å². The third-order valence-corrected chi connectivity index (χ3v) is 5.96. The summed E-state index contributed by atoms with van der Waals surface area (Å²) in [4.78, 5) is 42.9. The molecule has 1 aliphatic carbocycles. The molecular formula is C20H13F6N3O4S. The molecular weight excluding hydrogens is 492 g/mol. The number of hydrogen-bond acceptors (Lipinski definition) is 6. The standard InChI is InChI=1S/C20H13F6N3O4S/c21-19(22,23)16(31)33-14-9-27-8-5-11(14)10-28-17(32)29(15(30)18(28)6-7-18)12-1-3-13(4-2-12)34-20(24,25)26/h1-5,8-9H,6-7,10H2. The van der Waals surface area contributed by atoms with Crippen LogP contribution in [0.2, 0.25) is 0 Å². The van der Waals surface area contributed by atoms with Crippen LogP contribution in [0.4, 0.5) is 36.8 Å². The molecule has 0 bridgehead atoms. The molecule has 0 radical (unpaired) electrons. The van der Waals surface area contributed by atoms with Gasteiger partial charge in [0, 0.05) is 16.7 Å². The first-order chi connectivity index (χ1) is 15.8. The van der Waals surface area contributed by atoms with Crippen LogP contribution in [0.15, 0.2) is 47.6 Å². The lowest BCUT2D eigenvalue weighted by molar-refractivity contribution is -0.189. The van der Waals surface area contributed by atoms with E-state index in [9.17, 15) is 40.7 Å². The van der Waals surface area contributed by atoms with Crippen molar-refractivity contribution in [1.29, 1.82) is 0 Å². The van der Waals surface area contributed by atoms with Gasteiger partial charge in [-0.05, 0) is 54.9 Å². The second kappa shape index (κ2) is 8.18. The van der Waals surface area contributed by atoms with Crippen LogP contribution in [0.5, 0.6) is 5.75 Å². The molecule has 4 rings (SSSR count). The summed E-state index contributed by atoms with van der Waals surface area (Å²) >= 11 is -0.350. The first-order valence-corrected chi connectivity index (χ1v) is 10.4. The number of rotatable bonds is 5. The van der Waals surface area contributed by atoms with Gasteiger partial charge >= 0.3 is 23.7 Å². The molecule has 2 aromatic rings. The van der Waals surface area contributed by atoms with E-state index in [1.165, 1.54) is 24.4 Å². The zero-order chi connectivity index (χ0) is 24.9. The largest absolute Gasteiger partial charge is 0.491 e. The number of carbonyl (C=O) groups excluding carboxylic acids is 3. The van der Waals surface area contributed by atoms with Crippen LogP contribution in [0.25, 0.3) is 0 Å². The minimum atomic E-state index is -5.25. The molecule has 1 saturated carbocycles. The van der Waals surface area contributed by atoms with Gasteiger partial charge in [0.15, 0.2) is 5.75 Å². The number of benzene rings is 1. The van der Waals surface area contributed by atoms with E-state index >= 15 is 0 Å². The van der Waals surface area contributed by atoms with Crippen molar-refractivity contribution in [3.8, 4) is 5.75 Å². The molecule has 1 spiro atoms. The summed E-state index contributed by atoms with van der Waals surface area (Å²) in [5, 5.41) is 0. The Balaban J connectivity index is 1.58. The van der Waals surface area contributed by atoms with Crippen molar-refractivity contribution in [2.75, 3.05) is 4.90 Å². The zero-order valence-electron chi connectivity index (χ0n) is 16.8. The molecule has 3 amide bonds. The number of alkyl halides is 6. The highest BCUT2D eigenvalue weighted by Gasteiger charge is 2.65. The van der Waals surface area contributed by atoms with E-state index in [0.29, 0.717) is 12.8 Å². The Bertz CT molecular complexity index is 1150. The Kier molecular flexibility index (Phi) is 5.74. The number of ether oxygens (including phenoxy) is 1. The maximum absolute atomic E-state index is 13.1. The quantitative estimate of drug-likeness (QED) is 0.255. The number of carbonyl (C=O) groups is 3. The van der Waals surface area contributed by atoms with Crippen molar-refractivity contribution in [3.05, 3.63) is 48.3 Å². The van der Waals surface area contributed by atoms with Gasteiger partial charge in [-0.2, -0.15) is 26.3 Å². The molecule has 1 aromatic carbocycles. The smallest absolute Gasteiger partial charge is 0.418 e. The van der Waals surface area contributed by atoms with E-state index < -0.39 is 40.9 Å². The molecule has 2 heterocycles. The molecule has 0 N–H and O–H groups in total. The van der Waals surface area contributed by atoms with Crippen molar-refractivity contribution >= 4 is 35.4 Å². The lowest BCUT2D eigenvalue weighted by Gasteiger charge is -2.22. The Labute approximate surface area is 191 Å². The molecule has 14 heteroatoms. The summed E-state index contributed by atoms with van der Waals surface area (Å²) in [6.07, 6.45) is -2.57. The van der Waals surface area contributed by atoms with Gasteiger partial charge in [0.25, 0.3) is 5.91 Å². The summed E-state index contributed by atoms with van der Waals surface area (Å²) in [6, 6.07) is 5.09. The van der Waals surface area contributed by atoms with Gasteiger partial charge < -0.3 is 9.64 Å². The normalized spacial score (nSPS) is 17.5. The number of hydrogen-bond donors (Lipinski definition) is 0. The second-order valence-electron chi connectivity index (χ2n) is 7.45. The monoisotopic (exact) mass is 505 g/mol. The van der Waals surface area contributed by atoms with Gasteiger partial charge in [0.05, 0.1) is 18.4 Å². The predicted molar refractivity (Wildman–Crippen MR) is 105 cm³/mol. The van der Waals surface area contributed by atoms with E-state index in [0.717, 1.165) is 28.1 Å². The number of imide groups is 1. The van der Waals surface area contributed by atoms with Crippen LogP contribution in [0.3, 0.4) is 0 Å². The molecule has 2 aliphatic rings. The minimum absolute atomic E-state index is 0.0128. The first-order valence-electron chi connectivity index (χ1n) is 9.56.